The van der Waals surface area contributed by atoms with E-state index in [2.05, 4.69) is 17.0 Å². The van der Waals surface area contributed by atoms with Gasteiger partial charge in [0.1, 0.15) is 5.82 Å². The number of fused-ring (bicyclic) bond motifs is 2. The summed E-state index contributed by atoms with van der Waals surface area (Å²) in [6.45, 7) is 1.17. The third-order valence-electron chi connectivity index (χ3n) is 7.42. The van der Waals surface area contributed by atoms with Gasteiger partial charge < -0.3 is 19.5 Å². The first-order chi connectivity index (χ1) is 17.5. The van der Waals surface area contributed by atoms with Crippen LogP contribution in [0.15, 0.2) is 60.7 Å². The molecule has 0 aromatic heterocycles. The van der Waals surface area contributed by atoms with Crippen molar-refractivity contribution in [2.45, 2.75) is 38.0 Å². The number of aliphatic hydroxyl groups excluding tert-OH is 1. The van der Waals surface area contributed by atoms with Crippen LogP contribution < -0.4 is 9.47 Å². The molecule has 0 spiro atoms. The van der Waals surface area contributed by atoms with E-state index in [4.69, 9.17) is 9.47 Å². The van der Waals surface area contributed by atoms with Crippen LogP contribution in [-0.2, 0) is 30.7 Å². The summed E-state index contributed by atoms with van der Waals surface area (Å²) in [5.41, 5.74) is 4.75. The summed E-state index contributed by atoms with van der Waals surface area (Å²) in [4.78, 5) is 18.0. The largest absolute Gasteiger partial charge is 0.493 e. The number of carbonyl (C=O) groups is 1. The topological polar surface area (TPSA) is 62.2 Å². The highest BCUT2D eigenvalue weighted by Gasteiger charge is 2.39. The van der Waals surface area contributed by atoms with Crippen LogP contribution in [0, 0.1) is 5.82 Å². The lowest BCUT2D eigenvalue weighted by molar-refractivity contribution is -0.142. The number of benzene rings is 3. The maximum Gasteiger partial charge on any atom is 0.240 e. The number of rotatable bonds is 6. The molecule has 2 atom stereocenters. The third kappa shape index (κ3) is 5.17. The molecule has 196 valence electrons. The summed E-state index contributed by atoms with van der Waals surface area (Å²) in [5.74, 6) is 0.869. The SMILES string of the molecule is COc1cc2c(cc1OC)C(CO)N(C(=O)[C@@H]1Cc3ccccc3CN1Cc1ccccc1F)CC2.Cl. The predicted octanol–water partition coefficient (Wildman–Crippen LogP) is 4.31. The predicted molar refractivity (Wildman–Crippen MR) is 142 cm³/mol. The third-order valence-corrected chi connectivity index (χ3v) is 7.42. The fourth-order valence-corrected chi connectivity index (χ4v) is 5.51. The number of hydrogen-bond acceptors (Lipinski definition) is 5. The van der Waals surface area contributed by atoms with E-state index in [0.717, 1.165) is 22.3 Å². The summed E-state index contributed by atoms with van der Waals surface area (Å²) < 4.78 is 25.5. The summed E-state index contributed by atoms with van der Waals surface area (Å²) in [6, 6.07) is 17.7. The van der Waals surface area contributed by atoms with Crippen molar-refractivity contribution in [3.05, 3.63) is 94.3 Å². The van der Waals surface area contributed by atoms with E-state index in [1.807, 2.05) is 30.3 Å². The molecule has 1 amide bonds. The van der Waals surface area contributed by atoms with Gasteiger partial charge in [-0.05, 0) is 53.3 Å². The molecule has 0 bridgehead atoms. The van der Waals surface area contributed by atoms with Gasteiger partial charge in [0.15, 0.2) is 11.5 Å². The Hall–Kier alpha value is -3.13. The molecule has 2 aliphatic heterocycles. The van der Waals surface area contributed by atoms with Crippen LogP contribution in [0.1, 0.15) is 33.9 Å². The quantitative estimate of drug-likeness (QED) is 0.518. The Morgan fingerprint density at radius 3 is 2.38 bits per heavy atom. The van der Waals surface area contributed by atoms with Crippen LogP contribution in [0.2, 0.25) is 0 Å². The molecule has 0 aliphatic carbocycles. The first kappa shape index (κ1) is 26.9. The van der Waals surface area contributed by atoms with Crippen molar-refractivity contribution in [3.8, 4) is 11.5 Å². The number of ether oxygens (including phenoxy) is 2. The highest BCUT2D eigenvalue weighted by atomic mass is 35.5. The number of amides is 1. The number of carbonyl (C=O) groups excluding carboxylic acids is 1. The molecule has 0 saturated heterocycles. The van der Waals surface area contributed by atoms with Crippen LogP contribution in [0.3, 0.4) is 0 Å². The van der Waals surface area contributed by atoms with Gasteiger partial charge in [-0.25, -0.2) is 4.39 Å². The second-order valence-corrected chi connectivity index (χ2v) is 9.37. The van der Waals surface area contributed by atoms with E-state index in [1.165, 1.54) is 6.07 Å². The van der Waals surface area contributed by atoms with Crippen molar-refractivity contribution in [2.24, 2.45) is 0 Å². The molecule has 6 nitrogen and oxygen atoms in total. The maximum atomic E-state index is 14.6. The van der Waals surface area contributed by atoms with E-state index >= 15 is 0 Å². The summed E-state index contributed by atoms with van der Waals surface area (Å²) in [5, 5.41) is 10.4. The molecule has 1 unspecified atom stereocenters. The smallest absolute Gasteiger partial charge is 0.240 e. The van der Waals surface area contributed by atoms with Gasteiger partial charge in [0.2, 0.25) is 5.91 Å². The Kier molecular flexibility index (Phi) is 8.37. The lowest BCUT2D eigenvalue weighted by Gasteiger charge is -2.43. The minimum Gasteiger partial charge on any atom is -0.493 e. The molecule has 1 N–H and O–H groups in total. The normalized spacial score (nSPS) is 18.9. The van der Waals surface area contributed by atoms with E-state index in [-0.39, 0.29) is 30.7 Å². The molecule has 2 aliphatic rings. The molecule has 0 saturated carbocycles. The second-order valence-electron chi connectivity index (χ2n) is 9.37. The highest BCUT2D eigenvalue weighted by Crippen LogP contribution is 2.39. The van der Waals surface area contributed by atoms with E-state index in [1.54, 1.807) is 31.3 Å². The molecule has 8 heteroatoms. The van der Waals surface area contributed by atoms with Gasteiger partial charge in [0, 0.05) is 25.2 Å². The van der Waals surface area contributed by atoms with Gasteiger partial charge in [-0.1, -0.05) is 42.5 Å². The molecular formula is C29H32ClFN2O4. The number of halogens is 2. The summed E-state index contributed by atoms with van der Waals surface area (Å²) in [6.07, 6.45) is 1.19. The number of methoxy groups -OCH3 is 2. The monoisotopic (exact) mass is 526 g/mol. The van der Waals surface area contributed by atoms with Crippen molar-refractivity contribution in [1.29, 1.82) is 0 Å². The fraction of sp³-hybridized carbons (Fsp3) is 0.345. The lowest BCUT2D eigenvalue weighted by Crippen LogP contribution is -2.54. The molecule has 0 fully saturated rings. The first-order valence-corrected chi connectivity index (χ1v) is 12.2. The average Bonchev–Trinajstić information content (AvgIpc) is 2.92. The van der Waals surface area contributed by atoms with Gasteiger partial charge in [0.25, 0.3) is 0 Å². The summed E-state index contributed by atoms with van der Waals surface area (Å²) >= 11 is 0. The van der Waals surface area contributed by atoms with Gasteiger partial charge in [0.05, 0.1) is 32.9 Å². The van der Waals surface area contributed by atoms with Crippen molar-refractivity contribution in [1.82, 2.24) is 9.80 Å². The molecule has 2 heterocycles. The van der Waals surface area contributed by atoms with E-state index < -0.39 is 12.1 Å². The zero-order chi connectivity index (χ0) is 25.2. The van der Waals surface area contributed by atoms with Crippen molar-refractivity contribution in [2.75, 3.05) is 27.4 Å². The van der Waals surface area contributed by atoms with Crippen molar-refractivity contribution < 1.29 is 23.8 Å². The van der Waals surface area contributed by atoms with Crippen molar-refractivity contribution >= 4 is 18.3 Å². The minimum absolute atomic E-state index is 0. The van der Waals surface area contributed by atoms with Gasteiger partial charge >= 0.3 is 0 Å². The Morgan fingerprint density at radius 2 is 1.68 bits per heavy atom. The highest BCUT2D eigenvalue weighted by molar-refractivity contribution is 5.85. The molecule has 37 heavy (non-hydrogen) atoms. The van der Waals surface area contributed by atoms with Crippen LogP contribution in [0.25, 0.3) is 0 Å². The molecule has 3 aromatic carbocycles. The fourth-order valence-electron chi connectivity index (χ4n) is 5.51. The number of nitrogens with zero attached hydrogens (tertiary/aromatic N) is 2. The lowest BCUT2D eigenvalue weighted by atomic mass is 9.89. The zero-order valence-electron chi connectivity index (χ0n) is 21.0. The van der Waals surface area contributed by atoms with Crippen LogP contribution >= 0.6 is 12.4 Å². The Morgan fingerprint density at radius 1 is 1.00 bits per heavy atom. The van der Waals surface area contributed by atoms with Gasteiger partial charge in [-0.15, -0.1) is 12.4 Å². The molecular weight excluding hydrogens is 495 g/mol. The number of aliphatic hydroxyl groups is 1. The molecule has 5 rings (SSSR count). The second kappa shape index (κ2) is 11.5. The van der Waals surface area contributed by atoms with E-state index in [0.29, 0.717) is 49.5 Å². The maximum absolute atomic E-state index is 14.6. The van der Waals surface area contributed by atoms with Crippen LogP contribution in [0.4, 0.5) is 4.39 Å². The standard InChI is InChI=1S/C29H31FN2O4.ClH/c1-35-27-14-20-11-12-32(26(18-33)23(20)15-28(27)36-2)29(34)25-13-19-7-3-4-8-21(19)16-31(25)17-22-9-5-6-10-24(22)30;/h3-10,14-15,25-26,33H,11-13,16-18H2,1-2H3;1H/t25-,26?;/m0./s1. The van der Waals surface area contributed by atoms with Crippen LogP contribution in [0.5, 0.6) is 11.5 Å². The zero-order valence-corrected chi connectivity index (χ0v) is 21.8. The van der Waals surface area contributed by atoms with Gasteiger partial charge in [-0.3, -0.25) is 9.69 Å². The molecule has 0 radical (unpaired) electrons. The Labute approximate surface area is 223 Å². The number of hydrogen-bond donors (Lipinski definition) is 1. The van der Waals surface area contributed by atoms with Crippen LogP contribution in [-0.4, -0.2) is 54.2 Å². The minimum atomic E-state index is -0.492. The van der Waals surface area contributed by atoms with Gasteiger partial charge in [-0.2, -0.15) is 0 Å². The summed E-state index contributed by atoms with van der Waals surface area (Å²) in [7, 11) is 3.17. The Bertz CT molecular complexity index is 1270. The Balaban J connectivity index is 0.00000320. The molecule has 3 aromatic rings. The van der Waals surface area contributed by atoms with E-state index in [9.17, 15) is 14.3 Å². The van der Waals surface area contributed by atoms with Crippen molar-refractivity contribution in [3.63, 3.8) is 0 Å². The average molecular weight is 527 g/mol. The first-order valence-electron chi connectivity index (χ1n) is 12.2.